The summed E-state index contributed by atoms with van der Waals surface area (Å²) in [4.78, 5) is 14.3. The Morgan fingerprint density at radius 3 is 2.84 bits per heavy atom. The van der Waals surface area contributed by atoms with E-state index in [1.54, 1.807) is 6.92 Å². The average Bonchev–Trinajstić information content (AvgIpc) is 2.24. The van der Waals surface area contributed by atoms with Crippen molar-refractivity contribution in [3.63, 3.8) is 0 Å². The number of hydrogen-bond acceptors (Lipinski definition) is 5. The maximum absolute atomic E-state index is 13.0. The van der Waals surface area contributed by atoms with Gasteiger partial charge in [-0.05, 0) is 13.0 Å². The minimum atomic E-state index is -1.01. The third kappa shape index (κ3) is 2.62. The van der Waals surface area contributed by atoms with Gasteiger partial charge in [0.05, 0.1) is 17.1 Å². The van der Waals surface area contributed by atoms with Crippen molar-refractivity contribution in [2.75, 3.05) is 11.9 Å². The lowest BCUT2D eigenvalue weighted by Crippen LogP contribution is -2.54. The lowest BCUT2D eigenvalue weighted by molar-refractivity contribution is -0.384. The van der Waals surface area contributed by atoms with Crippen molar-refractivity contribution >= 4 is 23.1 Å². The van der Waals surface area contributed by atoms with Crippen LogP contribution in [0, 0.1) is 17.0 Å². The molecule has 0 aromatic carbocycles. The monoisotopic (exact) mass is 289 g/mol. The molecule has 6 nitrogen and oxygen atoms in total. The predicted octanol–water partition coefficient (Wildman–Crippen LogP) is 2.23. The van der Waals surface area contributed by atoms with Crippen LogP contribution in [0.3, 0.4) is 0 Å². The number of aryl methyl sites for hydroxylation is 1. The zero-order valence-corrected chi connectivity index (χ0v) is 10.9. The quantitative estimate of drug-likeness (QED) is 0.504. The van der Waals surface area contributed by atoms with Crippen molar-refractivity contribution in [2.24, 2.45) is 0 Å². The van der Waals surface area contributed by atoms with Gasteiger partial charge < -0.3 is 10.4 Å². The maximum atomic E-state index is 13.0. The van der Waals surface area contributed by atoms with Gasteiger partial charge in [-0.25, -0.2) is 9.37 Å². The van der Waals surface area contributed by atoms with Crippen molar-refractivity contribution in [1.82, 2.24) is 4.98 Å². The smallest absolute Gasteiger partial charge is 0.314 e. The molecule has 0 radical (unpaired) electrons. The van der Waals surface area contributed by atoms with Crippen LogP contribution in [0.1, 0.15) is 18.4 Å². The maximum Gasteiger partial charge on any atom is 0.314 e. The molecule has 0 amide bonds. The van der Waals surface area contributed by atoms with E-state index in [1.807, 2.05) is 0 Å². The molecule has 1 aromatic rings. The summed E-state index contributed by atoms with van der Waals surface area (Å²) in [6.07, 6.45) is -0.832. The molecule has 1 aliphatic carbocycles. The molecule has 1 heterocycles. The van der Waals surface area contributed by atoms with Crippen molar-refractivity contribution in [1.29, 1.82) is 0 Å². The van der Waals surface area contributed by atoms with Gasteiger partial charge in [0, 0.05) is 18.4 Å². The highest BCUT2D eigenvalue weighted by Crippen LogP contribution is 2.40. The Morgan fingerprint density at radius 1 is 1.74 bits per heavy atom. The van der Waals surface area contributed by atoms with Crippen molar-refractivity contribution in [3.05, 3.63) is 26.9 Å². The van der Waals surface area contributed by atoms with Crippen LogP contribution in [0.15, 0.2) is 6.07 Å². The lowest BCUT2D eigenvalue weighted by Gasteiger charge is -2.43. The fourth-order valence-electron chi connectivity index (χ4n) is 2.25. The first-order chi connectivity index (χ1) is 8.87. The Labute approximate surface area is 113 Å². The molecule has 0 saturated heterocycles. The van der Waals surface area contributed by atoms with Crippen LogP contribution in [0.4, 0.5) is 15.9 Å². The second-order valence-corrected chi connectivity index (χ2v) is 5.17. The molecular weight excluding hydrogens is 277 g/mol. The number of aliphatic hydroxyl groups excluding tert-OH is 1. The van der Waals surface area contributed by atoms with Crippen LogP contribution in [-0.2, 0) is 0 Å². The molecule has 2 N–H and O–H groups in total. The fourth-order valence-corrected chi connectivity index (χ4v) is 2.50. The zero-order valence-electron chi connectivity index (χ0n) is 10.2. The lowest BCUT2D eigenvalue weighted by atomic mass is 9.75. The third-order valence-corrected chi connectivity index (χ3v) is 3.44. The number of rotatable bonds is 4. The van der Waals surface area contributed by atoms with Gasteiger partial charge in [0.2, 0.25) is 5.82 Å². The first-order valence-electron chi connectivity index (χ1n) is 5.71. The summed E-state index contributed by atoms with van der Waals surface area (Å²) in [5.41, 5.74) is -0.745. The second-order valence-electron chi connectivity index (χ2n) is 4.79. The molecule has 0 aliphatic heterocycles. The number of halogens is 2. The van der Waals surface area contributed by atoms with Crippen LogP contribution in [-0.4, -0.2) is 33.3 Å². The number of alkyl halides is 1. The van der Waals surface area contributed by atoms with Crippen molar-refractivity contribution in [2.45, 2.75) is 31.5 Å². The first-order valence-corrected chi connectivity index (χ1v) is 6.09. The molecule has 8 heteroatoms. The minimum absolute atomic E-state index is 0.0315. The molecule has 0 bridgehead atoms. The summed E-state index contributed by atoms with van der Waals surface area (Å²) in [6, 6.07) is 1.38. The van der Waals surface area contributed by atoms with E-state index >= 15 is 0 Å². The molecule has 1 saturated carbocycles. The number of nitrogens with zero attached hydrogens (tertiary/aromatic N) is 2. The number of nitro groups is 1. The van der Waals surface area contributed by atoms with Gasteiger partial charge in [0.1, 0.15) is 11.3 Å². The van der Waals surface area contributed by atoms with Gasteiger partial charge in [-0.2, -0.15) is 0 Å². The van der Waals surface area contributed by atoms with Gasteiger partial charge >= 0.3 is 5.69 Å². The number of hydrogen-bond donors (Lipinski definition) is 2. The van der Waals surface area contributed by atoms with Crippen LogP contribution in [0.5, 0.6) is 0 Å². The van der Waals surface area contributed by atoms with E-state index in [0.29, 0.717) is 5.56 Å². The van der Waals surface area contributed by atoms with E-state index in [0.717, 1.165) is 0 Å². The van der Waals surface area contributed by atoms with Crippen LogP contribution < -0.4 is 5.32 Å². The van der Waals surface area contributed by atoms with Crippen LogP contribution >= 0.6 is 11.6 Å². The Hall–Kier alpha value is -1.47. The molecule has 1 aromatic heterocycles. The van der Waals surface area contributed by atoms with Gasteiger partial charge in [0.15, 0.2) is 0 Å². The molecule has 2 rings (SSSR count). The van der Waals surface area contributed by atoms with Gasteiger partial charge in [-0.3, -0.25) is 10.1 Å². The number of pyridine rings is 1. The van der Waals surface area contributed by atoms with Gasteiger partial charge in [-0.1, -0.05) is 11.6 Å². The minimum Gasteiger partial charge on any atom is -0.394 e. The summed E-state index contributed by atoms with van der Waals surface area (Å²) in [5, 5.41) is 23.3. The van der Waals surface area contributed by atoms with Crippen molar-refractivity contribution in [3.8, 4) is 0 Å². The summed E-state index contributed by atoms with van der Waals surface area (Å²) in [6.45, 7) is 1.22. The molecular formula is C11H13ClFN3O3. The second kappa shape index (κ2) is 4.90. The Kier molecular flexibility index (Phi) is 3.60. The summed E-state index contributed by atoms with van der Waals surface area (Å²) >= 11 is 5.78. The predicted molar refractivity (Wildman–Crippen MR) is 68.2 cm³/mol. The Bertz CT molecular complexity index is 520. The van der Waals surface area contributed by atoms with E-state index in [4.69, 9.17) is 11.6 Å². The molecule has 1 aliphatic rings. The van der Waals surface area contributed by atoms with E-state index < -0.39 is 16.6 Å². The zero-order chi connectivity index (χ0) is 14.2. The third-order valence-electron chi connectivity index (χ3n) is 3.25. The average molecular weight is 290 g/mol. The Balaban J connectivity index is 2.36. The Morgan fingerprint density at radius 2 is 2.37 bits per heavy atom. The largest absolute Gasteiger partial charge is 0.394 e. The highest BCUT2D eigenvalue weighted by atomic mass is 35.5. The molecule has 0 unspecified atom stereocenters. The molecule has 104 valence electrons. The standard InChI is InChI=1S/C11H13ClFN3O3/c1-6-2-8(12)14-10(9(6)16(18)19)15-11(5-17)3-7(13)4-11/h2,7,17H,3-5H2,1H3,(H,14,15). The number of aliphatic hydroxyl groups is 1. The van der Waals surface area contributed by atoms with E-state index in [1.165, 1.54) is 6.07 Å². The summed E-state index contributed by atoms with van der Waals surface area (Å²) in [5.74, 6) is -0.0315. The molecule has 1 fully saturated rings. The van der Waals surface area contributed by atoms with E-state index in [9.17, 15) is 19.6 Å². The van der Waals surface area contributed by atoms with E-state index in [-0.39, 0.29) is 36.1 Å². The van der Waals surface area contributed by atoms with Gasteiger partial charge in [0.25, 0.3) is 0 Å². The fraction of sp³-hybridized carbons (Fsp3) is 0.545. The number of aromatic nitrogens is 1. The highest BCUT2D eigenvalue weighted by Gasteiger charge is 2.45. The molecule has 0 atom stereocenters. The SMILES string of the molecule is Cc1cc(Cl)nc(NC2(CO)CC(F)C2)c1[N+](=O)[O-]. The summed E-state index contributed by atoms with van der Waals surface area (Å²) < 4.78 is 13.0. The number of anilines is 1. The van der Waals surface area contributed by atoms with Crippen LogP contribution in [0.25, 0.3) is 0 Å². The highest BCUT2D eigenvalue weighted by molar-refractivity contribution is 6.29. The van der Waals surface area contributed by atoms with Gasteiger partial charge in [-0.15, -0.1) is 0 Å². The molecule has 0 spiro atoms. The normalized spacial score (nSPS) is 25.8. The number of nitrogens with one attached hydrogen (secondary N) is 1. The topological polar surface area (TPSA) is 88.3 Å². The van der Waals surface area contributed by atoms with Crippen LogP contribution in [0.2, 0.25) is 5.15 Å². The van der Waals surface area contributed by atoms with Crippen molar-refractivity contribution < 1.29 is 14.4 Å². The molecule has 19 heavy (non-hydrogen) atoms. The first kappa shape index (κ1) is 14.0. The summed E-state index contributed by atoms with van der Waals surface area (Å²) in [7, 11) is 0. The van der Waals surface area contributed by atoms with E-state index in [2.05, 4.69) is 10.3 Å².